The minimum absolute atomic E-state index is 0.707. The largest absolute Gasteiger partial charge is 0.497 e. The molecule has 146 valence electrons. The van der Waals surface area contributed by atoms with Crippen molar-refractivity contribution in [2.24, 2.45) is 10.1 Å². The van der Waals surface area contributed by atoms with Gasteiger partial charge in [-0.2, -0.15) is 5.10 Å². The van der Waals surface area contributed by atoms with Crippen molar-refractivity contribution in [2.75, 3.05) is 13.7 Å². The molecule has 29 heavy (non-hydrogen) atoms. The Morgan fingerprint density at radius 1 is 1.14 bits per heavy atom. The Hall–Kier alpha value is -3.25. The van der Waals surface area contributed by atoms with E-state index in [4.69, 9.17) is 9.84 Å². The summed E-state index contributed by atoms with van der Waals surface area (Å²) in [6.45, 7) is 4.73. The second kappa shape index (κ2) is 8.41. The number of thiazole rings is 1. The molecular formula is C23H22N4OS. The lowest BCUT2D eigenvalue weighted by atomic mass is 10.1. The van der Waals surface area contributed by atoms with Crippen molar-refractivity contribution < 1.29 is 4.74 Å². The number of ether oxygens (including phenoxy) is 1. The van der Waals surface area contributed by atoms with Gasteiger partial charge in [0.1, 0.15) is 5.75 Å². The Morgan fingerprint density at radius 2 is 1.97 bits per heavy atom. The predicted octanol–water partition coefficient (Wildman–Crippen LogP) is 4.97. The molecular weight excluding hydrogens is 380 g/mol. The number of benzene rings is 2. The zero-order valence-electron chi connectivity index (χ0n) is 16.7. The summed E-state index contributed by atoms with van der Waals surface area (Å²) in [7, 11) is 1.69. The van der Waals surface area contributed by atoms with Gasteiger partial charge in [-0.25, -0.2) is 4.68 Å². The van der Waals surface area contributed by atoms with Gasteiger partial charge in [0.15, 0.2) is 0 Å². The topological polar surface area (TPSA) is 51.8 Å². The van der Waals surface area contributed by atoms with Crippen molar-refractivity contribution >= 4 is 27.8 Å². The quantitative estimate of drug-likeness (QED) is 0.443. The fourth-order valence-corrected chi connectivity index (χ4v) is 4.03. The van der Waals surface area contributed by atoms with Crippen LogP contribution in [-0.2, 0) is 0 Å². The maximum absolute atomic E-state index is 5.33. The number of fused-ring (bicyclic) bond motifs is 1. The van der Waals surface area contributed by atoms with Crippen molar-refractivity contribution in [3.63, 3.8) is 0 Å². The molecule has 0 bridgehead atoms. The zero-order valence-corrected chi connectivity index (χ0v) is 17.5. The van der Waals surface area contributed by atoms with E-state index in [0.29, 0.717) is 6.54 Å². The van der Waals surface area contributed by atoms with E-state index in [0.717, 1.165) is 43.9 Å². The lowest BCUT2D eigenvalue weighted by Crippen LogP contribution is -2.14. The number of hydrogen-bond donors (Lipinski definition) is 0. The molecule has 0 saturated heterocycles. The molecule has 2 heterocycles. The molecule has 0 unspecified atom stereocenters. The molecule has 0 saturated carbocycles. The van der Waals surface area contributed by atoms with E-state index in [9.17, 15) is 0 Å². The van der Waals surface area contributed by atoms with Crippen LogP contribution in [0.3, 0.4) is 0 Å². The van der Waals surface area contributed by atoms with E-state index < -0.39 is 0 Å². The third kappa shape index (κ3) is 3.98. The monoisotopic (exact) mass is 402 g/mol. The highest BCUT2D eigenvalue weighted by molar-refractivity contribution is 7.07. The van der Waals surface area contributed by atoms with E-state index in [2.05, 4.69) is 39.6 Å². The van der Waals surface area contributed by atoms with Crippen LogP contribution in [0.15, 0.2) is 76.4 Å². The summed E-state index contributed by atoms with van der Waals surface area (Å²) >= 11 is 1.60. The second-order valence-electron chi connectivity index (χ2n) is 6.54. The summed E-state index contributed by atoms with van der Waals surface area (Å²) in [6.07, 6.45) is 3.59. The van der Waals surface area contributed by atoms with Crippen molar-refractivity contribution in [1.29, 1.82) is 0 Å². The van der Waals surface area contributed by atoms with Crippen LogP contribution in [0.2, 0.25) is 0 Å². The summed E-state index contributed by atoms with van der Waals surface area (Å²) in [5.41, 5.74) is 3.99. The summed E-state index contributed by atoms with van der Waals surface area (Å²) < 4.78 is 7.27. The third-order valence-electron chi connectivity index (χ3n) is 4.65. The Bertz CT molecular complexity index is 1240. The predicted molar refractivity (Wildman–Crippen MR) is 120 cm³/mol. The molecule has 2 aromatic heterocycles. The fourth-order valence-electron chi connectivity index (χ4n) is 3.13. The minimum atomic E-state index is 0.707. The molecule has 0 aliphatic heterocycles. The normalized spacial score (nSPS) is 12.5. The maximum Gasteiger partial charge on any atom is 0.206 e. The summed E-state index contributed by atoms with van der Waals surface area (Å²) in [5, 5.41) is 9.29. The van der Waals surface area contributed by atoms with Crippen LogP contribution in [-0.4, -0.2) is 29.0 Å². The average molecular weight is 403 g/mol. The lowest BCUT2D eigenvalue weighted by Gasteiger charge is -2.08. The molecule has 0 radical (unpaired) electrons. The number of rotatable bonds is 5. The van der Waals surface area contributed by atoms with Crippen molar-refractivity contribution in [3.8, 4) is 17.0 Å². The highest BCUT2D eigenvalue weighted by atomic mass is 32.1. The highest BCUT2D eigenvalue weighted by Gasteiger charge is 2.10. The molecule has 2 aromatic carbocycles. The van der Waals surface area contributed by atoms with Gasteiger partial charge in [0.25, 0.3) is 0 Å². The Labute approximate surface area is 173 Å². The minimum Gasteiger partial charge on any atom is -0.497 e. The number of nitrogens with zero attached hydrogens (tertiary/aromatic N) is 4. The van der Waals surface area contributed by atoms with Gasteiger partial charge in [0.2, 0.25) is 4.80 Å². The molecule has 4 aromatic rings. The fraction of sp³-hybridized carbons (Fsp3) is 0.174. The first-order valence-electron chi connectivity index (χ1n) is 9.45. The Morgan fingerprint density at radius 3 is 2.72 bits per heavy atom. The van der Waals surface area contributed by atoms with Gasteiger partial charge in [0, 0.05) is 35.4 Å². The second-order valence-corrected chi connectivity index (χ2v) is 7.38. The lowest BCUT2D eigenvalue weighted by molar-refractivity contribution is 0.415. The van der Waals surface area contributed by atoms with E-state index >= 15 is 0 Å². The molecule has 0 N–H and O–H groups in total. The van der Waals surface area contributed by atoms with Crippen molar-refractivity contribution in [1.82, 2.24) is 9.66 Å². The van der Waals surface area contributed by atoms with Gasteiger partial charge >= 0.3 is 0 Å². The Balaban J connectivity index is 1.84. The van der Waals surface area contributed by atoms with Crippen LogP contribution in [0.1, 0.15) is 19.4 Å². The molecule has 5 nitrogen and oxygen atoms in total. The van der Waals surface area contributed by atoms with Crippen molar-refractivity contribution in [2.45, 2.75) is 13.8 Å². The summed E-state index contributed by atoms with van der Waals surface area (Å²) in [4.78, 5) is 9.70. The van der Waals surface area contributed by atoms with Gasteiger partial charge in [0.05, 0.1) is 18.5 Å². The molecule has 0 aliphatic rings. The third-order valence-corrected chi connectivity index (χ3v) is 5.51. The maximum atomic E-state index is 5.33. The standard InChI is InChI=1S/C23H22N4OS/c1-4-25-23-27(26-16(2)20-6-5-11-24-14-20)22(15-29-23)19-8-7-18-13-21(28-3)10-9-17(18)12-19/h5-15H,4H2,1-3H3. The van der Waals surface area contributed by atoms with Crippen LogP contribution < -0.4 is 9.54 Å². The first kappa shape index (κ1) is 19.1. The van der Waals surface area contributed by atoms with E-state index in [1.54, 1.807) is 24.6 Å². The molecule has 0 fully saturated rings. The van der Waals surface area contributed by atoms with Gasteiger partial charge in [-0.1, -0.05) is 24.3 Å². The first-order valence-corrected chi connectivity index (χ1v) is 10.3. The highest BCUT2D eigenvalue weighted by Crippen LogP contribution is 2.27. The van der Waals surface area contributed by atoms with Crippen LogP contribution in [0.4, 0.5) is 0 Å². The molecule has 4 rings (SSSR count). The van der Waals surface area contributed by atoms with E-state index in [-0.39, 0.29) is 0 Å². The average Bonchev–Trinajstić information content (AvgIpc) is 3.16. The first-order chi connectivity index (χ1) is 14.2. The molecule has 0 amide bonds. The molecule has 0 atom stereocenters. The van der Waals surface area contributed by atoms with Gasteiger partial charge in [-0.15, -0.1) is 11.3 Å². The van der Waals surface area contributed by atoms with Gasteiger partial charge in [-0.3, -0.25) is 9.98 Å². The van der Waals surface area contributed by atoms with Gasteiger partial charge in [-0.05, 0) is 48.9 Å². The SMILES string of the molecule is CCN=c1scc(-c2ccc3cc(OC)ccc3c2)n1N=C(C)c1cccnc1. The van der Waals surface area contributed by atoms with E-state index in [1.165, 1.54) is 0 Å². The summed E-state index contributed by atoms with van der Waals surface area (Å²) in [5.74, 6) is 0.858. The molecule has 0 aliphatic carbocycles. The number of pyridine rings is 1. The van der Waals surface area contributed by atoms with Crippen molar-refractivity contribution in [3.05, 3.63) is 76.7 Å². The number of aromatic nitrogens is 2. The molecule has 0 spiro atoms. The van der Waals surface area contributed by atoms with Crippen LogP contribution in [0, 0.1) is 0 Å². The van der Waals surface area contributed by atoms with Crippen LogP contribution in [0.25, 0.3) is 22.0 Å². The van der Waals surface area contributed by atoms with Gasteiger partial charge < -0.3 is 4.74 Å². The zero-order chi connectivity index (χ0) is 20.2. The Kier molecular flexibility index (Phi) is 5.53. The van der Waals surface area contributed by atoms with Crippen LogP contribution >= 0.6 is 11.3 Å². The molecule has 6 heteroatoms. The number of hydrogen-bond acceptors (Lipinski definition) is 5. The van der Waals surface area contributed by atoms with E-state index in [1.807, 2.05) is 49.0 Å². The number of methoxy groups -OCH3 is 1. The van der Waals surface area contributed by atoms with Crippen LogP contribution in [0.5, 0.6) is 5.75 Å². The smallest absolute Gasteiger partial charge is 0.206 e. The summed E-state index contributed by atoms with van der Waals surface area (Å²) in [6, 6.07) is 16.4.